The Morgan fingerprint density at radius 2 is 1.78 bits per heavy atom. The number of hydrogen-bond acceptors (Lipinski definition) is 3. The summed E-state index contributed by atoms with van der Waals surface area (Å²) in [6.07, 6.45) is 3.17. The van der Waals surface area contributed by atoms with Crippen LogP contribution in [-0.4, -0.2) is 34.2 Å². The highest BCUT2D eigenvalue weighted by atomic mass is 32.2. The van der Waals surface area contributed by atoms with E-state index in [0.717, 1.165) is 12.8 Å². The molecule has 1 aliphatic rings. The van der Waals surface area contributed by atoms with Crippen molar-refractivity contribution in [3.05, 3.63) is 0 Å². The van der Waals surface area contributed by atoms with E-state index < -0.39 is 16.8 Å². The van der Waals surface area contributed by atoms with E-state index in [1.54, 1.807) is 6.21 Å². The fourth-order valence-electron chi connectivity index (χ4n) is 1.31. The molecule has 108 valence electrons. The minimum absolute atomic E-state index is 0.291. The van der Waals surface area contributed by atoms with Crippen LogP contribution in [-0.2, 0) is 20.5 Å². The highest BCUT2D eigenvalue weighted by Gasteiger charge is 2.29. The normalized spacial score (nSPS) is 20.6. The van der Waals surface area contributed by atoms with Gasteiger partial charge in [-0.1, -0.05) is 13.8 Å². The molecule has 1 heterocycles. The molecule has 4 nitrogen and oxygen atoms in total. The van der Waals surface area contributed by atoms with E-state index >= 15 is 0 Å². The molecular formula is C13H27NO3S. The highest BCUT2D eigenvalue weighted by Crippen LogP contribution is 2.23. The molecule has 5 heteroatoms. The first-order valence-corrected chi connectivity index (χ1v) is 7.67. The standard InChI is InChI=1S/C11H21NO3S.C2H6/c1-10(2,3)16(13)12-7-5-6-11(4)14-8-9-15-11;1-2/h7H,5-6,8-9H2,1-4H3;1-2H3/b12-7+;. The van der Waals surface area contributed by atoms with Gasteiger partial charge in [0, 0.05) is 12.6 Å². The molecule has 0 amide bonds. The van der Waals surface area contributed by atoms with Crippen molar-refractivity contribution in [3.63, 3.8) is 0 Å². The van der Waals surface area contributed by atoms with Crippen molar-refractivity contribution in [3.8, 4) is 0 Å². The van der Waals surface area contributed by atoms with Crippen LogP contribution in [0, 0.1) is 0 Å². The van der Waals surface area contributed by atoms with Crippen LogP contribution in [0.2, 0.25) is 0 Å². The first kappa shape index (κ1) is 17.7. The largest absolute Gasteiger partial charge is 0.348 e. The Morgan fingerprint density at radius 1 is 1.28 bits per heavy atom. The molecule has 1 atom stereocenters. The minimum atomic E-state index is -1.17. The first-order valence-electron chi connectivity index (χ1n) is 6.56. The van der Waals surface area contributed by atoms with Gasteiger partial charge in [-0.25, -0.2) is 4.21 Å². The van der Waals surface area contributed by atoms with Gasteiger partial charge >= 0.3 is 0 Å². The van der Waals surface area contributed by atoms with Gasteiger partial charge in [0.05, 0.1) is 18.0 Å². The maximum absolute atomic E-state index is 11.6. The maximum Gasteiger partial charge on any atom is 0.166 e. The van der Waals surface area contributed by atoms with E-state index in [9.17, 15) is 4.21 Å². The molecule has 0 N–H and O–H groups in total. The van der Waals surface area contributed by atoms with Crippen LogP contribution >= 0.6 is 0 Å². The second kappa shape index (κ2) is 8.02. The molecule has 1 aliphatic heterocycles. The molecule has 1 rings (SSSR count). The summed E-state index contributed by atoms with van der Waals surface area (Å²) in [5.74, 6) is -0.477. The molecule has 0 aromatic carbocycles. The second-order valence-electron chi connectivity index (χ2n) is 5.02. The molecule has 1 unspecified atom stereocenters. The summed E-state index contributed by atoms with van der Waals surface area (Å²) < 4.78 is 26.2. The van der Waals surface area contributed by atoms with Gasteiger partial charge in [-0.3, -0.25) is 0 Å². The van der Waals surface area contributed by atoms with E-state index in [4.69, 9.17) is 9.47 Å². The van der Waals surface area contributed by atoms with Crippen molar-refractivity contribution in [1.82, 2.24) is 0 Å². The van der Waals surface area contributed by atoms with Gasteiger partial charge in [-0.15, -0.1) is 0 Å². The zero-order chi connectivity index (χ0) is 14.2. The Bertz CT molecular complexity index is 278. The Hall–Kier alpha value is -0.260. The molecule has 0 aliphatic carbocycles. The summed E-state index contributed by atoms with van der Waals surface area (Å²) in [6, 6.07) is 0. The lowest BCUT2D eigenvalue weighted by atomic mass is 10.2. The molecule has 0 aromatic heterocycles. The summed E-state index contributed by atoms with van der Waals surface area (Å²) in [4.78, 5) is 0. The summed E-state index contributed by atoms with van der Waals surface area (Å²) in [5.41, 5.74) is 0. The Labute approximate surface area is 114 Å². The average molecular weight is 277 g/mol. The summed E-state index contributed by atoms with van der Waals surface area (Å²) in [7, 11) is -1.17. The van der Waals surface area contributed by atoms with Crippen LogP contribution in [0.3, 0.4) is 0 Å². The Morgan fingerprint density at radius 3 is 2.22 bits per heavy atom. The van der Waals surface area contributed by atoms with E-state index in [1.165, 1.54) is 0 Å². The predicted molar refractivity (Wildman–Crippen MR) is 77.3 cm³/mol. The van der Waals surface area contributed by atoms with Crippen molar-refractivity contribution in [2.45, 2.75) is 64.9 Å². The van der Waals surface area contributed by atoms with Crippen LogP contribution < -0.4 is 0 Å². The lowest BCUT2D eigenvalue weighted by Crippen LogP contribution is -2.25. The second-order valence-corrected chi connectivity index (χ2v) is 6.95. The molecule has 0 bridgehead atoms. The van der Waals surface area contributed by atoms with Crippen LogP contribution in [0.5, 0.6) is 0 Å². The monoisotopic (exact) mass is 277 g/mol. The van der Waals surface area contributed by atoms with E-state index in [1.807, 2.05) is 41.5 Å². The summed E-state index contributed by atoms with van der Waals surface area (Å²) in [5, 5.41) is 0. The van der Waals surface area contributed by atoms with E-state index in [-0.39, 0.29) is 4.75 Å². The quantitative estimate of drug-likeness (QED) is 0.742. The predicted octanol–water partition coefficient (Wildman–Crippen LogP) is 3.09. The minimum Gasteiger partial charge on any atom is -0.348 e. The Balaban J connectivity index is 0.00000137. The summed E-state index contributed by atoms with van der Waals surface area (Å²) in [6.45, 7) is 13.0. The van der Waals surface area contributed by atoms with Crippen LogP contribution in [0.1, 0.15) is 54.4 Å². The highest BCUT2D eigenvalue weighted by molar-refractivity contribution is 7.85. The third-order valence-electron chi connectivity index (χ3n) is 2.32. The van der Waals surface area contributed by atoms with Crippen molar-refractivity contribution in [2.24, 2.45) is 4.40 Å². The average Bonchev–Trinajstić information content (AvgIpc) is 2.73. The van der Waals surface area contributed by atoms with Gasteiger partial charge in [0.25, 0.3) is 0 Å². The third kappa shape index (κ3) is 6.61. The van der Waals surface area contributed by atoms with Crippen molar-refractivity contribution in [1.29, 1.82) is 0 Å². The fourth-order valence-corrected chi connectivity index (χ4v) is 1.86. The van der Waals surface area contributed by atoms with Gasteiger partial charge in [-0.2, -0.15) is 4.40 Å². The topological polar surface area (TPSA) is 47.9 Å². The van der Waals surface area contributed by atoms with Gasteiger partial charge in [0.15, 0.2) is 5.79 Å². The van der Waals surface area contributed by atoms with Gasteiger partial charge in [0.2, 0.25) is 0 Å². The molecule has 0 saturated carbocycles. The molecule has 1 saturated heterocycles. The molecular weight excluding hydrogens is 250 g/mol. The van der Waals surface area contributed by atoms with Gasteiger partial charge in [0.1, 0.15) is 11.0 Å². The molecule has 0 aromatic rings. The van der Waals surface area contributed by atoms with E-state index in [0.29, 0.717) is 13.2 Å². The SMILES string of the molecule is CC.CC1(CC/C=N/S(=O)C(C)(C)C)OCCO1. The number of rotatable bonds is 4. The number of ether oxygens (including phenoxy) is 2. The zero-order valence-electron chi connectivity index (χ0n) is 12.5. The van der Waals surface area contributed by atoms with Crippen LogP contribution in [0.15, 0.2) is 4.40 Å². The van der Waals surface area contributed by atoms with Gasteiger partial charge < -0.3 is 9.47 Å². The first-order chi connectivity index (χ1) is 8.33. The third-order valence-corrected chi connectivity index (χ3v) is 3.71. The fraction of sp³-hybridized carbons (Fsp3) is 0.923. The smallest absolute Gasteiger partial charge is 0.166 e. The molecule has 0 spiro atoms. The molecule has 1 fully saturated rings. The molecule has 18 heavy (non-hydrogen) atoms. The molecule has 0 radical (unpaired) electrons. The summed E-state index contributed by atoms with van der Waals surface area (Å²) >= 11 is 0. The van der Waals surface area contributed by atoms with E-state index in [2.05, 4.69) is 4.40 Å². The maximum atomic E-state index is 11.6. The van der Waals surface area contributed by atoms with Crippen molar-refractivity contribution >= 4 is 17.2 Å². The number of nitrogens with zero attached hydrogens (tertiary/aromatic N) is 1. The van der Waals surface area contributed by atoms with Crippen molar-refractivity contribution < 1.29 is 13.7 Å². The Kier molecular flexibility index (Phi) is 7.90. The van der Waals surface area contributed by atoms with Crippen LogP contribution in [0.25, 0.3) is 0 Å². The lowest BCUT2D eigenvalue weighted by Gasteiger charge is -2.20. The number of hydrogen-bond donors (Lipinski definition) is 0. The lowest BCUT2D eigenvalue weighted by molar-refractivity contribution is -0.144. The van der Waals surface area contributed by atoms with Crippen LogP contribution in [0.4, 0.5) is 0 Å². The zero-order valence-corrected chi connectivity index (χ0v) is 13.3. The van der Waals surface area contributed by atoms with Gasteiger partial charge in [-0.05, 0) is 34.1 Å². The van der Waals surface area contributed by atoms with Crippen molar-refractivity contribution in [2.75, 3.05) is 13.2 Å².